The molecule has 0 atom stereocenters. The van der Waals surface area contributed by atoms with E-state index in [9.17, 15) is 14.4 Å². The smallest absolute Gasteiger partial charge is 0.310 e. The van der Waals surface area contributed by atoms with Crippen molar-refractivity contribution >= 4 is 34.2 Å². The highest BCUT2D eigenvalue weighted by Crippen LogP contribution is 2.43. The molecule has 4 rings (SSSR count). The fourth-order valence-electron chi connectivity index (χ4n) is 4.59. The maximum absolute atomic E-state index is 15.2. The molecule has 1 aliphatic rings. The minimum Gasteiger partial charge on any atom is -0.492 e. The molecule has 3 aromatic rings. The normalized spacial score (nSPS) is 13.0. The number of imide groups is 1. The summed E-state index contributed by atoms with van der Waals surface area (Å²) in [4.78, 5) is 40.0. The van der Waals surface area contributed by atoms with Gasteiger partial charge in [0.2, 0.25) is 0 Å². The molecule has 0 saturated heterocycles. The predicted octanol–water partition coefficient (Wildman–Crippen LogP) is 5.48. The molecule has 0 aliphatic carbocycles. The van der Waals surface area contributed by atoms with Crippen LogP contribution < -0.4 is 9.64 Å². The van der Waals surface area contributed by atoms with Gasteiger partial charge in [-0.25, -0.2) is 9.29 Å². The Kier molecular flexibility index (Phi) is 6.87. The van der Waals surface area contributed by atoms with Gasteiger partial charge in [-0.2, -0.15) is 0 Å². The second-order valence-electron chi connectivity index (χ2n) is 8.85. The predicted molar refractivity (Wildman–Crippen MR) is 132 cm³/mol. The zero-order chi connectivity index (χ0) is 25.3. The summed E-state index contributed by atoms with van der Waals surface area (Å²) in [5.74, 6) is -1.89. The molecule has 2 amide bonds. The van der Waals surface area contributed by atoms with E-state index in [4.69, 9.17) is 9.47 Å². The van der Waals surface area contributed by atoms with Crippen LogP contribution in [-0.2, 0) is 22.4 Å². The van der Waals surface area contributed by atoms with Crippen LogP contribution in [0.2, 0.25) is 0 Å². The second kappa shape index (κ2) is 9.86. The van der Waals surface area contributed by atoms with Crippen molar-refractivity contribution in [2.24, 2.45) is 5.92 Å². The van der Waals surface area contributed by atoms with Crippen LogP contribution in [0, 0.1) is 11.7 Å². The number of anilines is 1. The van der Waals surface area contributed by atoms with Crippen molar-refractivity contribution in [3.05, 3.63) is 70.5 Å². The molecule has 0 saturated carbocycles. The molecule has 182 valence electrons. The van der Waals surface area contributed by atoms with Gasteiger partial charge in [0, 0.05) is 5.39 Å². The maximum atomic E-state index is 15.2. The van der Waals surface area contributed by atoms with Gasteiger partial charge >= 0.3 is 5.97 Å². The van der Waals surface area contributed by atoms with E-state index in [1.807, 2.05) is 45.0 Å². The molecule has 0 unspecified atom stereocenters. The van der Waals surface area contributed by atoms with Crippen molar-refractivity contribution in [3.8, 4) is 5.75 Å². The van der Waals surface area contributed by atoms with Gasteiger partial charge in [-0.15, -0.1) is 0 Å². The lowest BCUT2D eigenvalue weighted by Crippen LogP contribution is -2.30. The number of nitrogens with zero attached hydrogens (tertiary/aromatic N) is 1. The number of halogens is 1. The molecule has 6 nitrogen and oxygen atoms in total. The topological polar surface area (TPSA) is 72.9 Å². The number of esters is 1. The van der Waals surface area contributed by atoms with Gasteiger partial charge in [0.1, 0.15) is 11.6 Å². The van der Waals surface area contributed by atoms with Crippen molar-refractivity contribution in [2.45, 2.75) is 40.5 Å². The van der Waals surface area contributed by atoms with E-state index in [1.54, 1.807) is 6.92 Å². The molecular weight excluding hydrogens is 449 g/mol. The number of carbonyl (C=O) groups is 3. The number of benzene rings is 3. The maximum Gasteiger partial charge on any atom is 0.310 e. The molecular formula is C28H28FNO5. The Balaban J connectivity index is 1.86. The van der Waals surface area contributed by atoms with Gasteiger partial charge in [-0.05, 0) is 54.8 Å². The molecule has 1 heterocycles. The fraction of sp³-hybridized carbons (Fsp3) is 0.321. The Morgan fingerprint density at radius 1 is 0.971 bits per heavy atom. The monoisotopic (exact) mass is 477 g/mol. The van der Waals surface area contributed by atoms with E-state index in [2.05, 4.69) is 0 Å². The summed E-state index contributed by atoms with van der Waals surface area (Å²) in [6, 6.07) is 11.6. The summed E-state index contributed by atoms with van der Waals surface area (Å²) in [5, 5.41) is 1.59. The van der Waals surface area contributed by atoms with Crippen molar-refractivity contribution in [2.75, 3.05) is 18.1 Å². The Morgan fingerprint density at radius 2 is 1.66 bits per heavy atom. The second-order valence-corrected chi connectivity index (χ2v) is 8.85. The lowest BCUT2D eigenvalue weighted by molar-refractivity contribution is -0.142. The molecule has 0 fully saturated rings. The minimum absolute atomic E-state index is 0.106. The molecule has 35 heavy (non-hydrogen) atoms. The zero-order valence-electron chi connectivity index (χ0n) is 20.3. The number of carbonyl (C=O) groups excluding carboxylic acids is 3. The number of fused-ring (bicyclic) bond motifs is 2. The van der Waals surface area contributed by atoms with Gasteiger partial charge in [-0.3, -0.25) is 14.4 Å². The molecule has 0 radical (unpaired) electrons. The third kappa shape index (κ3) is 4.38. The van der Waals surface area contributed by atoms with Crippen LogP contribution in [-0.4, -0.2) is 31.0 Å². The molecule has 1 aliphatic heterocycles. The fourth-order valence-corrected chi connectivity index (χ4v) is 4.59. The summed E-state index contributed by atoms with van der Waals surface area (Å²) in [5.41, 5.74) is 1.42. The van der Waals surface area contributed by atoms with Gasteiger partial charge in [0.05, 0.1) is 36.4 Å². The largest absolute Gasteiger partial charge is 0.492 e. The van der Waals surface area contributed by atoms with Crippen LogP contribution in [0.1, 0.15) is 59.5 Å². The molecule has 0 aromatic heterocycles. The molecule has 0 bridgehead atoms. The quantitative estimate of drug-likeness (QED) is 0.317. The number of ether oxygens (including phenoxy) is 2. The Morgan fingerprint density at radius 3 is 2.29 bits per heavy atom. The Labute approximate surface area is 203 Å². The van der Waals surface area contributed by atoms with Gasteiger partial charge in [0.15, 0.2) is 0 Å². The van der Waals surface area contributed by atoms with Crippen molar-refractivity contribution in [1.82, 2.24) is 0 Å². The number of hydrogen-bond acceptors (Lipinski definition) is 5. The standard InChI is InChI=1S/C28H28FNO5/c1-5-34-23(31)15-17-11-12-22(21(29)14-17)30-27(32)24-20(13-16(3)4)18-9-7-8-10-19(18)26(35-6-2)25(24)28(30)33/h7-12,14,16H,5-6,13,15H2,1-4H3. The van der Waals surface area contributed by atoms with E-state index in [-0.39, 0.29) is 35.8 Å². The molecule has 0 N–H and O–H groups in total. The van der Waals surface area contributed by atoms with Gasteiger partial charge < -0.3 is 9.47 Å². The van der Waals surface area contributed by atoms with Crippen molar-refractivity contribution < 1.29 is 28.2 Å². The number of rotatable bonds is 8. The Hall–Kier alpha value is -3.74. The van der Waals surface area contributed by atoms with Crippen LogP contribution in [0.5, 0.6) is 5.75 Å². The van der Waals surface area contributed by atoms with E-state index < -0.39 is 23.6 Å². The van der Waals surface area contributed by atoms with E-state index in [0.717, 1.165) is 27.3 Å². The van der Waals surface area contributed by atoms with Gasteiger partial charge in [0.25, 0.3) is 11.8 Å². The lowest BCUT2D eigenvalue weighted by Gasteiger charge is -2.17. The van der Waals surface area contributed by atoms with Crippen LogP contribution >= 0.6 is 0 Å². The molecule has 3 aromatic carbocycles. The highest BCUT2D eigenvalue weighted by Gasteiger charge is 2.43. The van der Waals surface area contributed by atoms with Crippen LogP contribution in [0.15, 0.2) is 42.5 Å². The first-order valence-corrected chi connectivity index (χ1v) is 11.8. The van der Waals surface area contributed by atoms with E-state index in [1.165, 1.54) is 12.1 Å². The average Bonchev–Trinajstić information content (AvgIpc) is 3.06. The molecule has 0 spiro atoms. The first-order valence-electron chi connectivity index (χ1n) is 11.8. The summed E-state index contributed by atoms with van der Waals surface area (Å²) in [6.45, 7) is 8.11. The summed E-state index contributed by atoms with van der Waals surface area (Å²) in [7, 11) is 0. The van der Waals surface area contributed by atoms with Crippen molar-refractivity contribution in [1.29, 1.82) is 0 Å². The zero-order valence-corrected chi connectivity index (χ0v) is 20.3. The highest BCUT2D eigenvalue weighted by molar-refractivity contribution is 6.37. The highest BCUT2D eigenvalue weighted by atomic mass is 19.1. The van der Waals surface area contributed by atoms with Gasteiger partial charge in [-0.1, -0.05) is 44.2 Å². The lowest BCUT2D eigenvalue weighted by atomic mass is 9.89. The number of amides is 2. The molecule has 7 heteroatoms. The summed E-state index contributed by atoms with van der Waals surface area (Å²) < 4.78 is 26.0. The SMILES string of the molecule is CCOC(=O)Cc1ccc(N2C(=O)c3c(c(OCC)c4ccccc4c3CC(C)C)C2=O)c(F)c1. The Bertz CT molecular complexity index is 1330. The first kappa shape index (κ1) is 24.4. The average molecular weight is 478 g/mol. The van der Waals surface area contributed by atoms with Crippen LogP contribution in [0.3, 0.4) is 0 Å². The third-order valence-corrected chi connectivity index (χ3v) is 5.92. The van der Waals surface area contributed by atoms with Crippen LogP contribution in [0.4, 0.5) is 10.1 Å². The number of hydrogen-bond donors (Lipinski definition) is 0. The first-order chi connectivity index (χ1) is 16.8. The van der Waals surface area contributed by atoms with Crippen molar-refractivity contribution in [3.63, 3.8) is 0 Å². The van der Waals surface area contributed by atoms with E-state index in [0.29, 0.717) is 24.3 Å². The minimum atomic E-state index is -0.769. The summed E-state index contributed by atoms with van der Waals surface area (Å²) >= 11 is 0. The third-order valence-electron chi connectivity index (χ3n) is 5.92. The van der Waals surface area contributed by atoms with Crippen LogP contribution in [0.25, 0.3) is 10.8 Å². The van der Waals surface area contributed by atoms with E-state index >= 15 is 4.39 Å². The summed E-state index contributed by atoms with van der Waals surface area (Å²) in [6.07, 6.45) is 0.467.